The lowest BCUT2D eigenvalue weighted by Crippen LogP contribution is -2.08. The average Bonchev–Trinajstić information content (AvgIpc) is 3.20. The second-order valence-electron chi connectivity index (χ2n) is 5.96. The molecule has 0 saturated heterocycles. The van der Waals surface area contributed by atoms with Crippen LogP contribution in [-0.2, 0) is 6.54 Å². The van der Waals surface area contributed by atoms with Crippen molar-refractivity contribution in [1.82, 2.24) is 4.57 Å². The van der Waals surface area contributed by atoms with Gasteiger partial charge in [0, 0.05) is 27.7 Å². The number of aromatic nitrogens is 1. The Bertz CT molecular complexity index is 1150. The van der Waals surface area contributed by atoms with Crippen molar-refractivity contribution in [2.75, 3.05) is 0 Å². The molecule has 122 valence electrons. The maximum atomic E-state index is 6.41. The fourth-order valence-corrected chi connectivity index (χ4v) is 3.76. The van der Waals surface area contributed by atoms with Crippen LogP contribution in [0, 0.1) is 0 Å². The van der Waals surface area contributed by atoms with Crippen molar-refractivity contribution in [3.8, 4) is 5.69 Å². The first-order valence-corrected chi connectivity index (χ1v) is 8.65. The zero-order valence-electron chi connectivity index (χ0n) is 13.0. The minimum Gasteiger partial charge on any atom is -0.463 e. The van der Waals surface area contributed by atoms with Crippen molar-refractivity contribution in [3.63, 3.8) is 0 Å². The highest BCUT2D eigenvalue weighted by molar-refractivity contribution is 6.35. The van der Waals surface area contributed by atoms with E-state index in [0.717, 1.165) is 44.2 Å². The molecule has 2 aromatic carbocycles. The van der Waals surface area contributed by atoms with Gasteiger partial charge in [0.2, 0.25) is 0 Å². The van der Waals surface area contributed by atoms with Gasteiger partial charge in [0.25, 0.3) is 0 Å². The summed E-state index contributed by atoms with van der Waals surface area (Å²) in [6.45, 7) is 0.531. The Labute approximate surface area is 154 Å². The average molecular weight is 367 g/mol. The third-order valence-corrected chi connectivity index (χ3v) is 5.19. The molecule has 0 bridgehead atoms. The van der Waals surface area contributed by atoms with Gasteiger partial charge in [0.05, 0.1) is 28.7 Å². The van der Waals surface area contributed by atoms with E-state index in [1.165, 1.54) is 0 Å². The molecule has 0 fully saturated rings. The van der Waals surface area contributed by atoms with Crippen molar-refractivity contribution in [2.24, 2.45) is 4.99 Å². The van der Waals surface area contributed by atoms with E-state index >= 15 is 0 Å². The van der Waals surface area contributed by atoms with Crippen molar-refractivity contribution in [3.05, 3.63) is 87.9 Å². The molecule has 0 N–H and O–H groups in total. The molecule has 5 heteroatoms. The fourth-order valence-electron chi connectivity index (χ4n) is 3.33. The highest BCUT2D eigenvalue weighted by Gasteiger charge is 2.20. The molecule has 5 rings (SSSR count). The molecular weight excluding hydrogens is 355 g/mol. The van der Waals surface area contributed by atoms with Crippen LogP contribution in [-0.4, -0.2) is 10.3 Å². The number of nitrogens with zero attached hydrogens (tertiary/aromatic N) is 2. The number of halogens is 2. The summed E-state index contributed by atoms with van der Waals surface area (Å²) >= 11 is 12.5. The van der Waals surface area contributed by atoms with Gasteiger partial charge in [0.1, 0.15) is 11.8 Å². The fraction of sp³-hybridized carbons (Fsp3) is 0.0500. The Morgan fingerprint density at radius 3 is 2.84 bits per heavy atom. The Morgan fingerprint density at radius 2 is 1.92 bits per heavy atom. The number of aliphatic imine (C=N–C) groups is 1. The van der Waals surface area contributed by atoms with Gasteiger partial charge in [-0.25, -0.2) is 0 Å². The first-order valence-electron chi connectivity index (χ1n) is 7.89. The van der Waals surface area contributed by atoms with Crippen LogP contribution in [0.25, 0.3) is 16.7 Å². The van der Waals surface area contributed by atoms with Crippen molar-refractivity contribution < 1.29 is 4.42 Å². The standard InChI is InChI=1S/C20H12Cl2N2O/c21-15-3-1-4-17-14(15)10-23-20(18-5-2-8-24(17)18)12-6-7-13-16(22)11-25-19(13)9-12/h1-9,11H,10H2. The summed E-state index contributed by atoms with van der Waals surface area (Å²) in [6, 6.07) is 16.0. The molecule has 1 aliphatic heterocycles. The zero-order valence-corrected chi connectivity index (χ0v) is 14.6. The lowest BCUT2D eigenvalue weighted by atomic mass is 10.1. The summed E-state index contributed by atoms with van der Waals surface area (Å²) in [7, 11) is 0. The van der Waals surface area contributed by atoms with Gasteiger partial charge in [-0.05, 0) is 36.4 Å². The first-order chi connectivity index (χ1) is 12.2. The van der Waals surface area contributed by atoms with Crippen molar-refractivity contribution in [1.29, 1.82) is 0 Å². The molecular formula is C20H12Cl2N2O. The van der Waals surface area contributed by atoms with Crippen LogP contribution in [0.4, 0.5) is 0 Å². The highest BCUT2D eigenvalue weighted by Crippen LogP contribution is 2.31. The van der Waals surface area contributed by atoms with E-state index in [9.17, 15) is 0 Å². The Kier molecular flexibility index (Phi) is 3.27. The SMILES string of the molecule is Clc1cccc2c1CN=C(c1ccc3c(Cl)coc3c1)c1cccn1-2. The van der Waals surface area contributed by atoms with E-state index in [2.05, 4.69) is 16.7 Å². The summed E-state index contributed by atoms with van der Waals surface area (Å²) in [5.74, 6) is 0. The van der Waals surface area contributed by atoms with Crippen LogP contribution >= 0.6 is 23.2 Å². The Balaban J connectivity index is 1.73. The Morgan fingerprint density at radius 1 is 1.00 bits per heavy atom. The topological polar surface area (TPSA) is 30.4 Å². The highest BCUT2D eigenvalue weighted by atomic mass is 35.5. The molecule has 0 amide bonds. The predicted molar refractivity (Wildman–Crippen MR) is 101 cm³/mol. The number of hydrogen-bond acceptors (Lipinski definition) is 2. The van der Waals surface area contributed by atoms with Crippen LogP contribution in [0.15, 0.2) is 70.4 Å². The van der Waals surface area contributed by atoms with Crippen LogP contribution in [0.2, 0.25) is 10.0 Å². The van der Waals surface area contributed by atoms with Gasteiger partial charge in [-0.15, -0.1) is 0 Å². The van der Waals surface area contributed by atoms with Crippen LogP contribution < -0.4 is 0 Å². The van der Waals surface area contributed by atoms with Gasteiger partial charge >= 0.3 is 0 Å². The van der Waals surface area contributed by atoms with E-state index in [1.807, 2.05) is 42.6 Å². The first kappa shape index (κ1) is 14.8. The van der Waals surface area contributed by atoms with Gasteiger partial charge in [0.15, 0.2) is 0 Å². The molecule has 0 spiro atoms. The molecule has 2 aromatic heterocycles. The second kappa shape index (κ2) is 5.51. The molecule has 4 aromatic rings. The van der Waals surface area contributed by atoms with Crippen LogP contribution in [0.5, 0.6) is 0 Å². The quantitative estimate of drug-likeness (QED) is 0.413. The number of rotatable bonds is 1. The smallest absolute Gasteiger partial charge is 0.136 e. The van der Waals surface area contributed by atoms with E-state index in [1.54, 1.807) is 6.26 Å². The van der Waals surface area contributed by atoms with E-state index in [0.29, 0.717) is 11.6 Å². The van der Waals surface area contributed by atoms with Crippen LogP contribution in [0.1, 0.15) is 16.8 Å². The van der Waals surface area contributed by atoms with E-state index < -0.39 is 0 Å². The largest absolute Gasteiger partial charge is 0.463 e. The third-order valence-electron chi connectivity index (χ3n) is 4.54. The molecule has 0 unspecified atom stereocenters. The van der Waals surface area contributed by atoms with E-state index in [-0.39, 0.29) is 0 Å². The van der Waals surface area contributed by atoms with Gasteiger partial charge in [-0.2, -0.15) is 0 Å². The van der Waals surface area contributed by atoms with Gasteiger partial charge in [-0.1, -0.05) is 35.3 Å². The normalized spacial score (nSPS) is 13.3. The molecule has 0 aliphatic carbocycles. The summed E-state index contributed by atoms with van der Waals surface area (Å²) in [5, 5.41) is 2.25. The van der Waals surface area contributed by atoms with Crippen molar-refractivity contribution in [2.45, 2.75) is 6.54 Å². The monoisotopic (exact) mass is 366 g/mol. The summed E-state index contributed by atoms with van der Waals surface area (Å²) in [4.78, 5) is 4.86. The third kappa shape index (κ3) is 2.24. The minimum absolute atomic E-state index is 0.531. The Hall–Kier alpha value is -2.49. The molecule has 0 saturated carbocycles. The number of furan rings is 1. The molecule has 0 atom stereocenters. The molecule has 1 aliphatic rings. The molecule has 3 heterocycles. The minimum atomic E-state index is 0.531. The molecule has 25 heavy (non-hydrogen) atoms. The van der Waals surface area contributed by atoms with Crippen molar-refractivity contribution >= 4 is 39.9 Å². The summed E-state index contributed by atoms with van der Waals surface area (Å²) < 4.78 is 7.68. The maximum Gasteiger partial charge on any atom is 0.136 e. The van der Waals surface area contributed by atoms with Crippen LogP contribution in [0.3, 0.4) is 0 Å². The summed E-state index contributed by atoms with van der Waals surface area (Å²) in [5.41, 5.74) is 5.77. The molecule has 3 nitrogen and oxygen atoms in total. The number of hydrogen-bond donors (Lipinski definition) is 0. The summed E-state index contributed by atoms with van der Waals surface area (Å²) in [6.07, 6.45) is 3.59. The second-order valence-corrected chi connectivity index (χ2v) is 6.77. The predicted octanol–water partition coefficient (Wildman–Crippen LogP) is 5.88. The van der Waals surface area contributed by atoms with Gasteiger partial charge in [-0.3, -0.25) is 4.99 Å². The lowest BCUT2D eigenvalue weighted by molar-refractivity contribution is 0.616. The van der Waals surface area contributed by atoms with Gasteiger partial charge < -0.3 is 8.98 Å². The maximum absolute atomic E-state index is 6.41. The molecule has 0 radical (unpaired) electrons. The number of benzene rings is 2. The zero-order chi connectivity index (χ0) is 17.0. The number of fused-ring (bicyclic) bond motifs is 4. The lowest BCUT2D eigenvalue weighted by Gasteiger charge is -2.11. The van der Waals surface area contributed by atoms with E-state index in [4.69, 9.17) is 32.6 Å².